The molecule has 1 fully saturated rings. The number of aliphatic imine (C=N–C) groups is 1. The molecule has 1 aromatic carbocycles. The van der Waals surface area contributed by atoms with Crippen molar-refractivity contribution < 1.29 is 22.7 Å². The van der Waals surface area contributed by atoms with Crippen molar-refractivity contribution in [2.75, 3.05) is 18.5 Å². The number of hydrogen-bond acceptors (Lipinski definition) is 4. The lowest BCUT2D eigenvalue weighted by Crippen LogP contribution is -2.37. The molecule has 0 atom stereocenters. The smallest absolute Gasteiger partial charge is 0.381 e. The van der Waals surface area contributed by atoms with Gasteiger partial charge in [0.25, 0.3) is 5.91 Å². The molecule has 0 spiro atoms. The number of nitrogens with zero attached hydrogens (tertiary/aromatic N) is 2. The molecule has 3 rings (SSSR count). The van der Waals surface area contributed by atoms with Crippen molar-refractivity contribution in [2.24, 2.45) is 4.99 Å². The molecule has 0 saturated carbocycles. The van der Waals surface area contributed by atoms with E-state index in [9.17, 15) is 18.0 Å². The van der Waals surface area contributed by atoms with Crippen molar-refractivity contribution in [3.63, 3.8) is 0 Å². The molecule has 11 heteroatoms. The van der Waals surface area contributed by atoms with Crippen molar-refractivity contribution in [3.05, 3.63) is 46.6 Å². The Kier molecular flexibility index (Phi) is 6.20. The molecule has 0 unspecified atom stereocenters. The van der Waals surface area contributed by atoms with Crippen molar-refractivity contribution in [3.8, 4) is 0 Å². The van der Waals surface area contributed by atoms with Gasteiger partial charge in [-0.25, -0.2) is 4.99 Å². The van der Waals surface area contributed by atoms with E-state index in [-0.39, 0.29) is 17.8 Å². The second kappa shape index (κ2) is 8.61. The van der Waals surface area contributed by atoms with Crippen LogP contribution in [0.4, 0.5) is 19.0 Å². The highest BCUT2D eigenvalue weighted by molar-refractivity contribution is 6.30. The van der Waals surface area contributed by atoms with Gasteiger partial charge in [-0.3, -0.25) is 15.2 Å². The van der Waals surface area contributed by atoms with Gasteiger partial charge in [-0.05, 0) is 37.1 Å². The Balaban J connectivity index is 1.78. The Labute approximate surface area is 163 Å². The molecule has 150 valence electrons. The molecule has 0 radical (unpaired) electrons. The van der Waals surface area contributed by atoms with E-state index >= 15 is 0 Å². The van der Waals surface area contributed by atoms with Crippen LogP contribution in [0.5, 0.6) is 0 Å². The average molecular weight is 416 g/mol. The maximum absolute atomic E-state index is 12.8. The van der Waals surface area contributed by atoms with Crippen LogP contribution in [0.1, 0.15) is 28.9 Å². The molecule has 1 aliphatic heterocycles. The van der Waals surface area contributed by atoms with E-state index in [4.69, 9.17) is 16.3 Å². The molecule has 1 aliphatic rings. The Hall–Kier alpha value is -2.59. The molecule has 0 aliphatic carbocycles. The first kappa shape index (κ1) is 20.2. The Bertz CT molecular complexity index is 845. The number of aromatic nitrogens is 2. The van der Waals surface area contributed by atoms with E-state index in [1.54, 1.807) is 12.1 Å². The molecule has 2 heterocycles. The standard InChI is InChI=1S/C17H17ClF3N5O2/c18-11-3-1-10(2-4-11)15(27)24-16(22-12-5-7-28-8-6-12)23-14-9-13(25-26-14)17(19,20)21/h1-4,9,12H,5-8H2,(H3,22,23,24,25,26,27). The number of nitrogens with one attached hydrogen (secondary N) is 3. The van der Waals surface area contributed by atoms with Crippen LogP contribution in [0.2, 0.25) is 5.02 Å². The predicted octanol–water partition coefficient (Wildman–Crippen LogP) is 3.46. The van der Waals surface area contributed by atoms with Gasteiger partial charge >= 0.3 is 6.18 Å². The number of alkyl halides is 3. The lowest BCUT2D eigenvalue weighted by Gasteiger charge is -2.20. The largest absolute Gasteiger partial charge is 0.432 e. The Morgan fingerprint density at radius 3 is 2.54 bits per heavy atom. The van der Waals surface area contributed by atoms with Crippen LogP contribution in [0.3, 0.4) is 0 Å². The first-order valence-corrected chi connectivity index (χ1v) is 8.81. The third kappa shape index (κ3) is 5.46. The number of amides is 1. The number of rotatable bonds is 3. The number of guanidine groups is 1. The van der Waals surface area contributed by atoms with Crippen molar-refractivity contribution in [1.82, 2.24) is 15.5 Å². The zero-order valence-electron chi connectivity index (χ0n) is 14.5. The lowest BCUT2D eigenvalue weighted by atomic mass is 10.1. The van der Waals surface area contributed by atoms with Gasteiger partial charge in [0.2, 0.25) is 5.96 Å². The predicted molar refractivity (Wildman–Crippen MR) is 97.4 cm³/mol. The van der Waals surface area contributed by atoms with Crippen molar-refractivity contribution in [2.45, 2.75) is 25.1 Å². The summed E-state index contributed by atoms with van der Waals surface area (Å²) in [5.74, 6) is -0.594. The summed E-state index contributed by atoms with van der Waals surface area (Å²) >= 11 is 5.81. The molecule has 1 saturated heterocycles. The van der Waals surface area contributed by atoms with Gasteiger partial charge in [-0.2, -0.15) is 18.3 Å². The number of carbonyl (C=O) groups excluding carboxylic acids is 1. The lowest BCUT2D eigenvalue weighted by molar-refractivity contribution is -0.141. The summed E-state index contributed by atoms with van der Waals surface area (Å²) in [4.78, 5) is 16.9. The monoisotopic (exact) mass is 415 g/mol. The molecule has 3 N–H and O–H groups in total. The molecule has 2 aromatic rings. The SMILES string of the molecule is O=C(NC(=NC1CCOCC1)Nc1cc(C(F)(F)F)[nH]n1)c1ccc(Cl)cc1. The van der Waals surface area contributed by atoms with Crippen LogP contribution in [-0.4, -0.2) is 41.3 Å². The summed E-state index contributed by atoms with van der Waals surface area (Å²) in [6.07, 6.45) is -3.29. The summed E-state index contributed by atoms with van der Waals surface area (Å²) in [6.45, 7) is 1.04. The first-order valence-electron chi connectivity index (χ1n) is 8.43. The maximum atomic E-state index is 12.8. The van der Waals surface area contributed by atoms with Crippen LogP contribution >= 0.6 is 11.6 Å². The minimum Gasteiger partial charge on any atom is -0.381 e. The fourth-order valence-electron chi connectivity index (χ4n) is 2.53. The van der Waals surface area contributed by atoms with E-state index in [0.29, 0.717) is 36.6 Å². The molecular weight excluding hydrogens is 399 g/mol. The molecule has 1 aromatic heterocycles. The molecule has 28 heavy (non-hydrogen) atoms. The fourth-order valence-corrected chi connectivity index (χ4v) is 2.65. The third-order valence-corrected chi connectivity index (χ3v) is 4.22. The summed E-state index contributed by atoms with van der Waals surface area (Å²) in [7, 11) is 0. The highest BCUT2D eigenvalue weighted by Crippen LogP contribution is 2.28. The van der Waals surface area contributed by atoms with Crippen LogP contribution in [-0.2, 0) is 10.9 Å². The number of H-pyrrole nitrogens is 1. The Morgan fingerprint density at radius 1 is 1.25 bits per heavy atom. The number of aromatic amines is 1. The summed E-state index contributed by atoms with van der Waals surface area (Å²) in [5.41, 5.74) is -0.687. The van der Waals surface area contributed by atoms with E-state index in [1.165, 1.54) is 12.1 Å². The molecular formula is C17H17ClF3N5O2. The zero-order valence-corrected chi connectivity index (χ0v) is 15.3. The highest BCUT2D eigenvalue weighted by Gasteiger charge is 2.33. The number of benzene rings is 1. The third-order valence-electron chi connectivity index (χ3n) is 3.97. The number of halogens is 4. The van der Waals surface area contributed by atoms with Crippen molar-refractivity contribution in [1.29, 1.82) is 0 Å². The summed E-state index contributed by atoms with van der Waals surface area (Å²) < 4.78 is 43.5. The van der Waals surface area contributed by atoms with Gasteiger partial charge in [-0.15, -0.1) is 0 Å². The van der Waals surface area contributed by atoms with Crippen molar-refractivity contribution >= 4 is 29.3 Å². The second-order valence-electron chi connectivity index (χ2n) is 6.07. The quantitative estimate of drug-likeness (QED) is 0.529. The van der Waals surface area contributed by atoms with E-state index in [2.05, 4.69) is 20.7 Å². The molecule has 1 amide bonds. The van der Waals surface area contributed by atoms with Gasteiger partial charge < -0.3 is 10.1 Å². The van der Waals surface area contributed by atoms with Crippen LogP contribution in [0.25, 0.3) is 0 Å². The van der Waals surface area contributed by atoms with Gasteiger partial charge in [0.1, 0.15) is 5.69 Å². The molecule has 0 bridgehead atoms. The number of ether oxygens (including phenoxy) is 1. The number of carbonyl (C=O) groups is 1. The van der Waals surface area contributed by atoms with E-state index in [1.807, 2.05) is 5.10 Å². The minimum atomic E-state index is -4.56. The van der Waals surface area contributed by atoms with Gasteiger partial charge in [0, 0.05) is 29.9 Å². The molecule has 7 nitrogen and oxygen atoms in total. The van der Waals surface area contributed by atoms with Crippen LogP contribution in [0.15, 0.2) is 35.3 Å². The van der Waals surface area contributed by atoms with Gasteiger partial charge in [0.15, 0.2) is 5.82 Å². The Morgan fingerprint density at radius 2 is 1.93 bits per heavy atom. The zero-order chi connectivity index (χ0) is 20.1. The summed E-state index contributed by atoms with van der Waals surface area (Å²) in [6, 6.07) is 6.83. The topological polar surface area (TPSA) is 91.4 Å². The summed E-state index contributed by atoms with van der Waals surface area (Å²) in [5, 5.41) is 11.2. The van der Waals surface area contributed by atoms with Gasteiger partial charge in [-0.1, -0.05) is 11.6 Å². The first-order chi connectivity index (χ1) is 13.3. The normalized spacial score (nSPS) is 16.1. The average Bonchev–Trinajstić information content (AvgIpc) is 3.12. The van der Waals surface area contributed by atoms with Gasteiger partial charge in [0.05, 0.1) is 6.04 Å². The van der Waals surface area contributed by atoms with Crippen LogP contribution in [0, 0.1) is 0 Å². The van der Waals surface area contributed by atoms with E-state index < -0.39 is 17.8 Å². The maximum Gasteiger partial charge on any atom is 0.432 e. The number of anilines is 1. The highest BCUT2D eigenvalue weighted by atomic mass is 35.5. The van der Waals surface area contributed by atoms with E-state index in [0.717, 1.165) is 6.07 Å². The second-order valence-corrected chi connectivity index (χ2v) is 6.51. The number of hydrogen-bond donors (Lipinski definition) is 3. The fraction of sp³-hybridized carbons (Fsp3) is 0.353. The minimum absolute atomic E-state index is 0.00655. The van der Waals surface area contributed by atoms with Crippen LogP contribution < -0.4 is 10.6 Å².